The summed E-state index contributed by atoms with van der Waals surface area (Å²) >= 11 is 0. The van der Waals surface area contributed by atoms with Crippen LogP contribution in [0.1, 0.15) is 79.1 Å². The second kappa shape index (κ2) is 20.5. The molecule has 0 aliphatic carbocycles. The molecule has 0 spiro atoms. The lowest BCUT2D eigenvalue weighted by Gasteiger charge is -2.14. The van der Waals surface area contributed by atoms with Crippen molar-refractivity contribution in [2.75, 3.05) is 53.1 Å². The molecular formula is C24H50O8P2. The van der Waals surface area contributed by atoms with Gasteiger partial charge in [-0.15, -0.1) is 0 Å². The molecule has 0 saturated carbocycles. The standard InChI is InChI=1S/2C12H25O4P/c2*1-5-6-7-8-12(13)15-9-11(2)10-16-17(3,4)14/h2*11H,5-10H2,1-4H3/t11-;/m1./s1. The molecule has 0 fully saturated rings. The number of hydrogen-bond acceptors (Lipinski definition) is 8. The molecule has 0 aromatic carbocycles. The Balaban J connectivity index is 0. The van der Waals surface area contributed by atoms with Crippen LogP contribution in [0, 0.1) is 11.8 Å². The molecule has 10 heteroatoms. The Kier molecular flexibility index (Phi) is 21.4. The van der Waals surface area contributed by atoms with Crippen molar-refractivity contribution >= 4 is 26.7 Å². The zero-order chi connectivity index (χ0) is 26.6. The molecule has 2 atom stereocenters. The van der Waals surface area contributed by atoms with Crippen molar-refractivity contribution in [1.29, 1.82) is 0 Å². The number of unbranched alkanes of at least 4 members (excludes halogenated alkanes) is 4. The zero-order valence-corrected chi connectivity index (χ0v) is 24.6. The Hall–Kier alpha value is -0.680. The summed E-state index contributed by atoms with van der Waals surface area (Å²) in [7, 11) is -4.86. The monoisotopic (exact) mass is 528 g/mol. The predicted octanol–water partition coefficient (Wildman–Crippen LogP) is 6.60. The van der Waals surface area contributed by atoms with Gasteiger partial charge >= 0.3 is 11.9 Å². The molecule has 1 unspecified atom stereocenters. The summed E-state index contributed by atoms with van der Waals surface area (Å²) < 4.78 is 43.2. The first kappa shape index (κ1) is 35.5. The van der Waals surface area contributed by atoms with Crippen molar-refractivity contribution in [2.24, 2.45) is 11.8 Å². The van der Waals surface area contributed by atoms with Crippen LogP contribution in [0.5, 0.6) is 0 Å². The number of carbonyl (C=O) groups is 2. The molecule has 0 aliphatic heterocycles. The van der Waals surface area contributed by atoms with Crippen molar-refractivity contribution in [3.05, 3.63) is 0 Å². The van der Waals surface area contributed by atoms with Gasteiger partial charge < -0.3 is 18.5 Å². The van der Waals surface area contributed by atoms with E-state index in [-0.39, 0.29) is 23.8 Å². The van der Waals surface area contributed by atoms with Crippen LogP contribution in [0.2, 0.25) is 0 Å². The largest absolute Gasteiger partial charge is 0.465 e. The van der Waals surface area contributed by atoms with Gasteiger partial charge in [-0.05, 0) is 12.8 Å². The fourth-order valence-corrected chi connectivity index (χ4v) is 3.59. The summed E-state index contributed by atoms with van der Waals surface area (Å²) in [5.41, 5.74) is 0. The molecule has 0 aromatic heterocycles. The van der Waals surface area contributed by atoms with E-state index in [1.54, 1.807) is 26.7 Å². The maximum Gasteiger partial charge on any atom is 0.305 e. The summed E-state index contributed by atoms with van der Waals surface area (Å²) in [6, 6.07) is 0. The SMILES string of the molecule is CCCCCC(=O)OCC(C)COP(C)(C)=O.CCCCCC(=O)OC[C@@H](C)COP(C)(C)=O. The molecule has 0 aliphatic rings. The number of carbonyl (C=O) groups excluding carboxylic acids is 2. The van der Waals surface area contributed by atoms with Crippen molar-refractivity contribution in [1.82, 2.24) is 0 Å². The van der Waals surface area contributed by atoms with E-state index in [0.29, 0.717) is 39.3 Å². The topological polar surface area (TPSA) is 105 Å². The molecule has 0 aromatic rings. The first-order chi connectivity index (χ1) is 15.7. The maximum atomic E-state index is 11.3. The van der Waals surface area contributed by atoms with Gasteiger partial charge in [0.1, 0.15) is 0 Å². The number of rotatable bonds is 18. The van der Waals surface area contributed by atoms with Crippen molar-refractivity contribution in [2.45, 2.75) is 79.1 Å². The summed E-state index contributed by atoms with van der Waals surface area (Å²) in [5.74, 6) is -0.139. The molecule has 204 valence electrons. The van der Waals surface area contributed by atoms with Crippen LogP contribution in [0.25, 0.3) is 0 Å². The Morgan fingerprint density at radius 3 is 1.21 bits per heavy atom. The summed E-state index contributed by atoms with van der Waals surface area (Å²) in [5, 5.41) is 0. The lowest BCUT2D eigenvalue weighted by molar-refractivity contribution is -0.146. The third-order valence-electron chi connectivity index (χ3n) is 4.37. The van der Waals surface area contributed by atoms with Crippen molar-refractivity contribution in [3.8, 4) is 0 Å². The predicted molar refractivity (Wildman–Crippen MR) is 139 cm³/mol. The smallest absolute Gasteiger partial charge is 0.305 e. The minimum absolute atomic E-state index is 0.0818. The maximum absolute atomic E-state index is 11.3. The quantitative estimate of drug-likeness (QED) is 0.111. The first-order valence-electron chi connectivity index (χ1n) is 12.4. The lowest BCUT2D eigenvalue weighted by Crippen LogP contribution is -2.15. The van der Waals surface area contributed by atoms with Crippen molar-refractivity contribution in [3.63, 3.8) is 0 Å². The molecule has 34 heavy (non-hydrogen) atoms. The highest BCUT2D eigenvalue weighted by Gasteiger charge is 2.13. The highest BCUT2D eigenvalue weighted by Crippen LogP contribution is 2.38. The average molecular weight is 529 g/mol. The number of esters is 2. The van der Waals surface area contributed by atoms with Gasteiger partial charge in [0.2, 0.25) is 0 Å². The summed E-state index contributed by atoms with van der Waals surface area (Å²) in [4.78, 5) is 22.6. The van der Waals surface area contributed by atoms with E-state index >= 15 is 0 Å². The van der Waals surface area contributed by atoms with E-state index in [2.05, 4.69) is 13.8 Å². The Morgan fingerprint density at radius 1 is 0.618 bits per heavy atom. The van der Waals surface area contributed by atoms with E-state index in [4.69, 9.17) is 18.5 Å². The Morgan fingerprint density at radius 2 is 0.941 bits per heavy atom. The third kappa shape index (κ3) is 29.4. The fraction of sp³-hybridized carbons (Fsp3) is 0.917. The highest BCUT2D eigenvalue weighted by molar-refractivity contribution is 7.57. The van der Waals surface area contributed by atoms with E-state index in [1.165, 1.54) is 0 Å². The number of hydrogen-bond donors (Lipinski definition) is 0. The van der Waals surface area contributed by atoms with Gasteiger partial charge in [0.15, 0.2) is 14.7 Å². The molecule has 0 radical (unpaired) electrons. The summed E-state index contributed by atoms with van der Waals surface area (Å²) in [6.45, 7) is 15.7. The van der Waals surface area contributed by atoms with Gasteiger partial charge in [0, 0.05) is 51.3 Å². The average Bonchev–Trinajstić information content (AvgIpc) is 2.73. The van der Waals surface area contributed by atoms with Crippen LogP contribution in [0.3, 0.4) is 0 Å². The first-order valence-corrected chi connectivity index (χ1v) is 17.4. The minimum Gasteiger partial charge on any atom is -0.465 e. The van der Waals surface area contributed by atoms with E-state index in [9.17, 15) is 18.7 Å². The minimum atomic E-state index is -2.43. The lowest BCUT2D eigenvalue weighted by atomic mass is 10.2. The van der Waals surface area contributed by atoms with Gasteiger partial charge in [0.25, 0.3) is 0 Å². The molecular weight excluding hydrogens is 478 g/mol. The van der Waals surface area contributed by atoms with Crippen molar-refractivity contribution < 1.29 is 37.2 Å². The van der Waals surface area contributed by atoms with Gasteiger partial charge in [-0.2, -0.15) is 0 Å². The number of ether oxygens (including phenoxy) is 2. The van der Waals surface area contributed by atoms with Crippen LogP contribution >= 0.6 is 14.7 Å². The molecule has 0 saturated heterocycles. The third-order valence-corrected chi connectivity index (χ3v) is 5.91. The fourth-order valence-electron chi connectivity index (χ4n) is 2.36. The van der Waals surface area contributed by atoms with E-state index < -0.39 is 14.7 Å². The molecule has 8 nitrogen and oxygen atoms in total. The van der Waals surface area contributed by atoms with Crippen LogP contribution in [-0.2, 0) is 37.2 Å². The van der Waals surface area contributed by atoms with Crippen LogP contribution in [-0.4, -0.2) is 65.0 Å². The Bertz CT molecular complexity index is 572. The normalized spacial score (nSPS) is 13.4. The van der Waals surface area contributed by atoms with Crippen LogP contribution < -0.4 is 0 Å². The highest BCUT2D eigenvalue weighted by atomic mass is 31.2. The van der Waals surface area contributed by atoms with Crippen LogP contribution in [0.15, 0.2) is 0 Å². The second-order valence-electron chi connectivity index (χ2n) is 9.59. The summed E-state index contributed by atoms with van der Waals surface area (Å²) in [6.07, 6.45) is 7.06. The van der Waals surface area contributed by atoms with Gasteiger partial charge in [-0.25, -0.2) is 0 Å². The van der Waals surface area contributed by atoms with E-state index in [0.717, 1.165) is 38.5 Å². The Labute approximate surface area is 208 Å². The van der Waals surface area contributed by atoms with Gasteiger partial charge in [-0.1, -0.05) is 53.4 Å². The van der Waals surface area contributed by atoms with E-state index in [1.807, 2.05) is 13.8 Å². The molecule has 0 N–H and O–H groups in total. The zero-order valence-electron chi connectivity index (χ0n) is 22.8. The molecule has 0 rings (SSSR count). The molecule has 0 bridgehead atoms. The second-order valence-corrected chi connectivity index (χ2v) is 15.1. The van der Waals surface area contributed by atoms with Gasteiger partial charge in [-0.3, -0.25) is 18.7 Å². The van der Waals surface area contributed by atoms with Gasteiger partial charge in [0.05, 0.1) is 26.4 Å². The molecule has 0 heterocycles. The molecule has 0 amide bonds. The van der Waals surface area contributed by atoms with Crippen LogP contribution in [0.4, 0.5) is 0 Å².